The Hall–Kier alpha value is -2.22. The van der Waals surface area contributed by atoms with Crippen LogP contribution >= 0.6 is 12.2 Å². The van der Waals surface area contributed by atoms with Crippen LogP contribution in [0.2, 0.25) is 0 Å². The van der Waals surface area contributed by atoms with Gasteiger partial charge in [0, 0.05) is 17.3 Å². The first-order valence-corrected chi connectivity index (χ1v) is 8.86. The maximum atomic E-state index is 12.8. The fourth-order valence-corrected chi connectivity index (χ4v) is 3.56. The number of nitrogens with zero attached hydrogens (tertiary/aromatic N) is 1. The van der Waals surface area contributed by atoms with Crippen LogP contribution in [0.15, 0.2) is 35.5 Å². The third-order valence-corrected chi connectivity index (χ3v) is 4.69. The van der Waals surface area contributed by atoms with E-state index in [2.05, 4.69) is 10.1 Å². The number of halogens is 2. The van der Waals surface area contributed by atoms with E-state index in [1.165, 1.54) is 6.07 Å². The molecule has 0 bridgehead atoms. The van der Waals surface area contributed by atoms with Gasteiger partial charge in [-0.2, -0.15) is 8.78 Å². The van der Waals surface area contributed by atoms with Gasteiger partial charge in [-0.15, -0.1) is 0 Å². The third-order valence-electron chi connectivity index (χ3n) is 4.38. The molecule has 8 heteroatoms. The number of alkyl halides is 2. The van der Waals surface area contributed by atoms with Crippen molar-refractivity contribution in [3.8, 4) is 5.75 Å². The fraction of sp³-hybridized carbons (Fsp3) is 0.444. The molecule has 0 aromatic heterocycles. The van der Waals surface area contributed by atoms with Crippen molar-refractivity contribution >= 4 is 23.3 Å². The van der Waals surface area contributed by atoms with Crippen molar-refractivity contribution in [1.29, 1.82) is 0 Å². The predicted molar refractivity (Wildman–Crippen MR) is 95.7 cm³/mol. The van der Waals surface area contributed by atoms with Crippen LogP contribution in [0.1, 0.15) is 38.3 Å². The van der Waals surface area contributed by atoms with Crippen molar-refractivity contribution in [2.45, 2.75) is 45.4 Å². The number of esters is 1. The Labute approximate surface area is 155 Å². The Kier molecular flexibility index (Phi) is 5.41. The van der Waals surface area contributed by atoms with Gasteiger partial charge in [-0.3, -0.25) is 0 Å². The molecule has 1 saturated carbocycles. The summed E-state index contributed by atoms with van der Waals surface area (Å²) in [5.41, 5.74) is 1.46. The fourth-order valence-electron chi connectivity index (χ4n) is 3.16. The maximum Gasteiger partial charge on any atom is 0.387 e. The largest absolute Gasteiger partial charge is 0.463 e. The number of hydrogen-bond donors (Lipinski definition) is 1. The van der Waals surface area contributed by atoms with Crippen LogP contribution in [-0.4, -0.2) is 35.2 Å². The van der Waals surface area contributed by atoms with E-state index in [0.29, 0.717) is 21.9 Å². The van der Waals surface area contributed by atoms with Gasteiger partial charge in [0.05, 0.1) is 18.2 Å². The summed E-state index contributed by atoms with van der Waals surface area (Å²) in [6, 6.07) is 5.91. The van der Waals surface area contributed by atoms with E-state index in [-0.39, 0.29) is 18.4 Å². The molecule has 0 amide bonds. The average molecular weight is 382 g/mol. The SMILES string of the molecule is CCOC(=O)C1=C(C)N(C2CC2)C(=S)NC1c1ccccc1OC(F)F. The molecule has 1 aromatic rings. The minimum atomic E-state index is -2.97. The number of carbonyl (C=O) groups is 1. The van der Waals surface area contributed by atoms with E-state index in [1.54, 1.807) is 32.0 Å². The highest BCUT2D eigenvalue weighted by molar-refractivity contribution is 7.80. The lowest BCUT2D eigenvalue weighted by Gasteiger charge is -2.38. The molecular formula is C18H20F2N2O3S. The van der Waals surface area contributed by atoms with Crippen LogP contribution in [0, 0.1) is 0 Å². The highest BCUT2D eigenvalue weighted by atomic mass is 32.1. The molecule has 0 saturated heterocycles. The summed E-state index contributed by atoms with van der Waals surface area (Å²) in [4.78, 5) is 14.6. The molecule has 1 N–H and O–H groups in total. The highest BCUT2D eigenvalue weighted by Crippen LogP contribution is 2.40. The van der Waals surface area contributed by atoms with Crippen molar-refractivity contribution in [2.24, 2.45) is 0 Å². The average Bonchev–Trinajstić information content (AvgIpc) is 3.39. The quantitative estimate of drug-likeness (QED) is 0.600. The van der Waals surface area contributed by atoms with E-state index < -0.39 is 18.6 Å². The summed E-state index contributed by atoms with van der Waals surface area (Å²) in [6.45, 7) is 0.772. The monoisotopic (exact) mass is 382 g/mol. The predicted octanol–water partition coefficient (Wildman–Crippen LogP) is 3.52. The molecule has 1 fully saturated rings. The standard InChI is InChI=1S/C18H20F2N2O3S/c1-3-24-16(23)14-10(2)22(11-8-9-11)18(26)21-15(14)12-6-4-5-7-13(12)25-17(19)20/h4-7,11,15,17H,3,8-9H2,1-2H3,(H,21,26). The van der Waals surface area contributed by atoms with Crippen molar-refractivity contribution in [1.82, 2.24) is 10.2 Å². The lowest BCUT2D eigenvalue weighted by molar-refractivity contribution is -0.139. The molecule has 0 radical (unpaired) electrons. The molecule has 5 nitrogen and oxygen atoms in total. The van der Waals surface area contributed by atoms with E-state index in [1.807, 2.05) is 4.90 Å². The summed E-state index contributed by atoms with van der Waals surface area (Å²) >= 11 is 5.47. The molecular weight excluding hydrogens is 362 g/mol. The number of benzene rings is 1. The molecule has 0 spiro atoms. The van der Waals surface area contributed by atoms with Crippen LogP contribution in [-0.2, 0) is 9.53 Å². The third kappa shape index (κ3) is 3.65. The lowest BCUT2D eigenvalue weighted by Crippen LogP contribution is -2.48. The first-order valence-electron chi connectivity index (χ1n) is 8.45. The summed E-state index contributed by atoms with van der Waals surface area (Å²) in [5.74, 6) is -0.500. The Bertz CT molecular complexity index is 750. The highest BCUT2D eigenvalue weighted by Gasteiger charge is 2.41. The zero-order valence-corrected chi connectivity index (χ0v) is 15.3. The van der Waals surface area contributed by atoms with Gasteiger partial charge < -0.3 is 19.7 Å². The normalized spacial score (nSPS) is 20.3. The number of thiocarbonyl (C=S) groups is 1. The zero-order valence-electron chi connectivity index (χ0n) is 14.5. The van der Waals surface area contributed by atoms with Crippen molar-refractivity contribution in [3.05, 3.63) is 41.1 Å². The molecule has 26 heavy (non-hydrogen) atoms. The Morgan fingerprint density at radius 1 is 1.38 bits per heavy atom. The van der Waals surface area contributed by atoms with Crippen LogP contribution in [0.25, 0.3) is 0 Å². The first-order chi connectivity index (χ1) is 12.4. The molecule has 1 aliphatic carbocycles. The number of hydrogen-bond acceptors (Lipinski definition) is 4. The second-order valence-corrected chi connectivity index (χ2v) is 6.51. The second-order valence-electron chi connectivity index (χ2n) is 6.12. The molecule has 2 aliphatic rings. The molecule has 1 atom stereocenters. The Balaban J connectivity index is 2.07. The number of ether oxygens (including phenoxy) is 2. The maximum absolute atomic E-state index is 12.8. The van der Waals surface area contributed by atoms with Crippen molar-refractivity contribution in [3.63, 3.8) is 0 Å². The first kappa shape index (κ1) is 18.6. The van der Waals surface area contributed by atoms with Crippen LogP contribution in [0.4, 0.5) is 8.78 Å². The van der Waals surface area contributed by atoms with Crippen LogP contribution < -0.4 is 10.1 Å². The Morgan fingerprint density at radius 3 is 2.69 bits per heavy atom. The number of carbonyl (C=O) groups excluding carboxylic acids is 1. The van der Waals surface area contributed by atoms with Gasteiger partial charge in [0.25, 0.3) is 0 Å². The van der Waals surface area contributed by atoms with Crippen LogP contribution in [0.3, 0.4) is 0 Å². The van der Waals surface area contributed by atoms with E-state index in [0.717, 1.165) is 12.8 Å². The minimum absolute atomic E-state index is 0.00253. The lowest BCUT2D eigenvalue weighted by atomic mass is 9.94. The topological polar surface area (TPSA) is 50.8 Å². The Morgan fingerprint density at radius 2 is 2.08 bits per heavy atom. The van der Waals surface area contributed by atoms with E-state index in [9.17, 15) is 13.6 Å². The van der Waals surface area contributed by atoms with Gasteiger partial charge >= 0.3 is 12.6 Å². The summed E-state index contributed by atoms with van der Waals surface area (Å²) in [5, 5.41) is 3.58. The molecule has 1 aromatic carbocycles. The molecule has 140 valence electrons. The van der Waals surface area contributed by atoms with Crippen molar-refractivity contribution < 1.29 is 23.0 Å². The molecule has 1 aliphatic heterocycles. The number of rotatable bonds is 6. The van der Waals surface area contributed by atoms with Crippen molar-refractivity contribution in [2.75, 3.05) is 6.61 Å². The molecule has 3 rings (SSSR count). The van der Waals surface area contributed by atoms with Gasteiger partial charge in [-0.25, -0.2) is 4.79 Å². The number of para-hydroxylation sites is 1. The smallest absolute Gasteiger partial charge is 0.387 e. The van der Waals surface area contributed by atoms with E-state index >= 15 is 0 Å². The molecule has 1 heterocycles. The second kappa shape index (κ2) is 7.57. The summed E-state index contributed by atoms with van der Waals surface area (Å²) < 4.78 is 35.4. The molecule has 1 unspecified atom stereocenters. The van der Waals surface area contributed by atoms with Gasteiger partial charge in [0.15, 0.2) is 5.11 Å². The minimum Gasteiger partial charge on any atom is -0.463 e. The number of nitrogens with one attached hydrogen (secondary N) is 1. The van der Waals surface area contributed by atoms with Gasteiger partial charge in [-0.1, -0.05) is 18.2 Å². The summed E-state index contributed by atoms with van der Waals surface area (Å²) in [6.07, 6.45) is 1.98. The van der Waals surface area contributed by atoms with E-state index in [4.69, 9.17) is 17.0 Å². The zero-order chi connectivity index (χ0) is 18.8. The summed E-state index contributed by atoms with van der Waals surface area (Å²) in [7, 11) is 0. The van der Waals surface area contributed by atoms with Gasteiger partial charge in [0.1, 0.15) is 5.75 Å². The van der Waals surface area contributed by atoms with Crippen LogP contribution in [0.5, 0.6) is 5.75 Å². The van der Waals surface area contributed by atoms with Gasteiger partial charge in [-0.05, 0) is 45.0 Å². The number of allylic oxidation sites excluding steroid dienone is 1. The van der Waals surface area contributed by atoms with Gasteiger partial charge in [0.2, 0.25) is 0 Å².